The van der Waals surface area contributed by atoms with Gasteiger partial charge in [0.05, 0.1) is 30.2 Å². The molecule has 3 rings (SSSR count). The minimum absolute atomic E-state index is 0.210. The maximum absolute atomic E-state index is 12.9. The van der Waals surface area contributed by atoms with Crippen molar-refractivity contribution in [2.24, 2.45) is 0 Å². The smallest absolute Gasteiger partial charge is 0.261 e. The molecular formula is C17H18FNO3S. The van der Waals surface area contributed by atoms with Gasteiger partial charge in [-0.3, -0.25) is 4.79 Å². The molecular weight excluding hydrogens is 317 g/mol. The van der Waals surface area contributed by atoms with E-state index < -0.39 is 12.1 Å². The number of aliphatic hydroxyl groups excluding tert-OH is 1. The molecule has 4 nitrogen and oxygen atoms in total. The third-order valence-corrected chi connectivity index (χ3v) is 5.13. The van der Waals surface area contributed by atoms with Crippen molar-refractivity contribution >= 4 is 17.2 Å². The minimum Gasteiger partial charge on any atom is -0.386 e. The Labute approximate surface area is 137 Å². The van der Waals surface area contributed by atoms with Crippen molar-refractivity contribution in [3.63, 3.8) is 0 Å². The topological polar surface area (TPSA) is 58.6 Å². The molecule has 1 aromatic carbocycles. The van der Waals surface area contributed by atoms with Crippen molar-refractivity contribution < 1.29 is 19.0 Å². The van der Waals surface area contributed by atoms with Crippen LogP contribution in [0.15, 0.2) is 30.3 Å². The number of halogens is 1. The van der Waals surface area contributed by atoms with E-state index in [0.29, 0.717) is 23.7 Å². The zero-order valence-electron chi connectivity index (χ0n) is 12.7. The van der Waals surface area contributed by atoms with E-state index in [2.05, 4.69) is 5.32 Å². The number of ether oxygens (including phenoxy) is 1. The number of rotatable bonds is 4. The second-order valence-corrected chi connectivity index (χ2v) is 6.76. The lowest BCUT2D eigenvalue weighted by atomic mass is 10.0. The van der Waals surface area contributed by atoms with Gasteiger partial charge in [-0.1, -0.05) is 12.1 Å². The summed E-state index contributed by atoms with van der Waals surface area (Å²) < 4.78 is 18.3. The molecule has 0 aliphatic carbocycles. The molecule has 2 aromatic rings. The Hall–Kier alpha value is -1.76. The maximum atomic E-state index is 12.9. The van der Waals surface area contributed by atoms with E-state index in [9.17, 15) is 14.3 Å². The number of hydrogen-bond acceptors (Lipinski definition) is 4. The number of carbonyl (C=O) groups is 1. The molecule has 1 amide bonds. The lowest BCUT2D eigenvalue weighted by molar-refractivity contribution is 0.0855. The molecule has 1 aromatic heterocycles. The van der Waals surface area contributed by atoms with Crippen LogP contribution in [0.2, 0.25) is 0 Å². The SMILES string of the molecule is CC(NC(=O)c1cc2c(s1)CCOC2)C(O)c1ccc(F)cc1. The van der Waals surface area contributed by atoms with E-state index in [1.165, 1.54) is 40.5 Å². The molecule has 2 unspecified atom stereocenters. The number of fused-ring (bicyclic) bond motifs is 1. The summed E-state index contributed by atoms with van der Waals surface area (Å²) in [7, 11) is 0. The molecule has 0 saturated carbocycles. The van der Waals surface area contributed by atoms with Crippen molar-refractivity contribution in [2.45, 2.75) is 32.1 Å². The number of carbonyl (C=O) groups excluding carboxylic acids is 1. The molecule has 0 bridgehead atoms. The standard InChI is InChI=1S/C17H18FNO3S/c1-10(16(20)11-2-4-13(18)5-3-11)19-17(21)15-8-12-9-22-7-6-14(12)23-15/h2-5,8,10,16,20H,6-7,9H2,1H3,(H,19,21). The Kier molecular flexibility index (Phi) is 4.75. The third-order valence-electron chi connectivity index (χ3n) is 3.90. The first kappa shape index (κ1) is 16.1. The predicted octanol–water partition coefficient (Wildman–Crippen LogP) is 2.81. The zero-order chi connectivity index (χ0) is 16.4. The van der Waals surface area contributed by atoms with Crippen molar-refractivity contribution in [1.82, 2.24) is 5.32 Å². The molecule has 23 heavy (non-hydrogen) atoms. The van der Waals surface area contributed by atoms with Gasteiger partial charge in [-0.2, -0.15) is 0 Å². The van der Waals surface area contributed by atoms with Crippen LogP contribution in [-0.4, -0.2) is 23.7 Å². The predicted molar refractivity (Wildman–Crippen MR) is 86.0 cm³/mol. The summed E-state index contributed by atoms with van der Waals surface area (Å²) in [6.07, 6.45) is -0.0569. The molecule has 1 aliphatic heterocycles. The van der Waals surface area contributed by atoms with Gasteiger partial charge in [0.1, 0.15) is 5.82 Å². The Morgan fingerprint density at radius 1 is 1.39 bits per heavy atom. The van der Waals surface area contributed by atoms with Crippen molar-refractivity contribution in [1.29, 1.82) is 0 Å². The lowest BCUT2D eigenvalue weighted by Gasteiger charge is -2.20. The number of hydrogen-bond donors (Lipinski definition) is 2. The van der Waals surface area contributed by atoms with E-state index >= 15 is 0 Å². The van der Waals surface area contributed by atoms with Gasteiger partial charge in [0.25, 0.3) is 5.91 Å². The summed E-state index contributed by atoms with van der Waals surface area (Å²) in [5.41, 5.74) is 1.64. The van der Waals surface area contributed by atoms with Gasteiger partial charge in [-0.15, -0.1) is 11.3 Å². The fraction of sp³-hybridized carbons (Fsp3) is 0.353. The quantitative estimate of drug-likeness (QED) is 0.903. The molecule has 2 heterocycles. The minimum atomic E-state index is -0.891. The summed E-state index contributed by atoms with van der Waals surface area (Å²) in [6, 6.07) is 6.99. The lowest BCUT2D eigenvalue weighted by Crippen LogP contribution is -2.36. The number of thiophene rings is 1. The van der Waals surface area contributed by atoms with Gasteiger partial charge >= 0.3 is 0 Å². The first-order chi connectivity index (χ1) is 11.0. The van der Waals surface area contributed by atoms with E-state index in [0.717, 1.165) is 12.0 Å². The van der Waals surface area contributed by atoms with Crippen molar-refractivity contribution in [3.05, 3.63) is 57.0 Å². The summed E-state index contributed by atoms with van der Waals surface area (Å²) >= 11 is 1.47. The van der Waals surface area contributed by atoms with E-state index in [-0.39, 0.29) is 11.7 Å². The Balaban J connectivity index is 1.66. The highest BCUT2D eigenvalue weighted by Crippen LogP contribution is 2.27. The molecule has 2 N–H and O–H groups in total. The van der Waals surface area contributed by atoms with Gasteiger partial charge in [0.2, 0.25) is 0 Å². The highest BCUT2D eigenvalue weighted by molar-refractivity contribution is 7.14. The molecule has 0 saturated heterocycles. The van der Waals surface area contributed by atoms with Crippen LogP contribution < -0.4 is 5.32 Å². The van der Waals surface area contributed by atoms with Gasteiger partial charge in [0, 0.05) is 11.3 Å². The number of amides is 1. The monoisotopic (exact) mass is 335 g/mol. The number of aliphatic hydroxyl groups is 1. The fourth-order valence-corrected chi connectivity index (χ4v) is 3.62. The molecule has 6 heteroatoms. The molecule has 2 atom stereocenters. The van der Waals surface area contributed by atoms with Crippen LogP contribution in [0, 0.1) is 5.82 Å². The van der Waals surface area contributed by atoms with E-state index in [1.54, 1.807) is 6.92 Å². The van der Waals surface area contributed by atoms with E-state index in [4.69, 9.17) is 4.74 Å². The summed E-state index contributed by atoms with van der Waals surface area (Å²) in [6.45, 7) is 2.96. The highest BCUT2D eigenvalue weighted by Gasteiger charge is 2.22. The zero-order valence-corrected chi connectivity index (χ0v) is 13.5. The van der Waals surface area contributed by atoms with Gasteiger partial charge in [-0.05, 0) is 36.2 Å². The molecule has 0 fully saturated rings. The average Bonchev–Trinajstić information content (AvgIpc) is 2.99. The van der Waals surface area contributed by atoms with Crippen LogP contribution in [0.25, 0.3) is 0 Å². The molecule has 0 radical (unpaired) electrons. The van der Waals surface area contributed by atoms with Crippen LogP contribution in [0.1, 0.15) is 38.7 Å². The fourth-order valence-electron chi connectivity index (χ4n) is 2.56. The van der Waals surface area contributed by atoms with Crippen LogP contribution >= 0.6 is 11.3 Å². The van der Waals surface area contributed by atoms with Gasteiger partial charge in [0.15, 0.2) is 0 Å². The Bertz CT molecular complexity index is 675. The van der Waals surface area contributed by atoms with Crippen LogP contribution in [0.4, 0.5) is 4.39 Å². The van der Waals surface area contributed by atoms with Gasteiger partial charge in [-0.25, -0.2) is 4.39 Å². The number of benzene rings is 1. The van der Waals surface area contributed by atoms with Crippen LogP contribution in [-0.2, 0) is 17.8 Å². The second kappa shape index (κ2) is 6.78. The summed E-state index contributed by atoms with van der Waals surface area (Å²) in [5.74, 6) is -0.568. The van der Waals surface area contributed by atoms with Crippen molar-refractivity contribution in [2.75, 3.05) is 6.61 Å². The summed E-state index contributed by atoms with van der Waals surface area (Å²) in [5, 5.41) is 13.1. The van der Waals surface area contributed by atoms with Gasteiger partial charge < -0.3 is 15.2 Å². The first-order valence-corrected chi connectivity index (χ1v) is 8.30. The molecule has 1 aliphatic rings. The van der Waals surface area contributed by atoms with Crippen LogP contribution in [0.5, 0.6) is 0 Å². The highest BCUT2D eigenvalue weighted by atomic mass is 32.1. The average molecular weight is 335 g/mol. The van der Waals surface area contributed by atoms with Crippen LogP contribution in [0.3, 0.4) is 0 Å². The Morgan fingerprint density at radius 2 is 2.13 bits per heavy atom. The third kappa shape index (κ3) is 3.60. The summed E-state index contributed by atoms with van der Waals surface area (Å²) in [4.78, 5) is 14.2. The maximum Gasteiger partial charge on any atom is 0.261 e. The van der Waals surface area contributed by atoms with Crippen molar-refractivity contribution in [3.8, 4) is 0 Å². The molecule has 122 valence electrons. The largest absolute Gasteiger partial charge is 0.386 e. The first-order valence-electron chi connectivity index (χ1n) is 7.48. The second-order valence-electron chi connectivity index (χ2n) is 5.62. The molecule has 0 spiro atoms. The normalized spacial score (nSPS) is 16.5. The van der Waals surface area contributed by atoms with E-state index in [1.807, 2.05) is 6.07 Å². The number of nitrogens with one attached hydrogen (secondary N) is 1. The Morgan fingerprint density at radius 3 is 2.83 bits per heavy atom.